The Morgan fingerprint density at radius 1 is 1.37 bits per heavy atom. The monoisotopic (exact) mass is 265 g/mol. The summed E-state index contributed by atoms with van der Waals surface area (Å²) in [6, 6.07) is 5.58. The first kappa shape index (κ1) is 15.5. The number of nitrogens with two attached hydrogens (primary N) is 1. The predicted octanol–water partition coefficient (Wildman–Crippen LogP) is 2.64. The van der Waals surface area contributed by atoms with Crippen LogP contribution >= 0.6 is 0 Å². The molecule has 0 aliphatic heterocycles. The van der Waals surface area contributed by atoms with Crippen LogP contribution in [0.3, 0.4) is 0 Å². The zero-order valence-electron chi connectivity index (χ0n) is 12.3. The average molecular weight is 265 g/mol. The lowest BCUT2D eigenvalue weighted by Gasteiger charge is -2.28. The maximum atomic E-state index is 11.5. The minimum absolute atomic E-state index is 0.0752. The van der Waals surface area contributed by atoms with Crippen LogP contribution in [0, 0.1) is 0 Å². The molecule has 19 heavy (non-hydrogen) atoms. The lowest BCUT2D eigenvalue weighted by molar-refractivity contribution is -0.144. The van der Waals surface area contributed by atoms with Crippen molar-refractivity contribution in [2.45, 2.75) is 45.1 Å². The minimum Gasteiger partial charge on any atom is -0.496 e. The van der Waals surface area contributed by atoms with Gasteiger partial charge in [0.15, 0.2) is 0 Å². The highest BCUT2D eigenvalue weighted by Gasteiger charge is 2.37. The summed E-state index contributed by atoms with van der Waals surface area (Å²) in [5, 5.41) is 9.42. The molecule has 0 radical (unpaired) electrons. The summed E-state index contributed by atoms with van der Waals surface area (Å²) < 4.78 is 5.27. The number of benzene rings is 1. The zero-order valence-corrected chi connectivity index (χ0v) is 12.3. The fourth-order valence-electron chi connectivity index (χ4n) is 1.98. The normalized spacial score (nSPS) is 14.8. The van der Waals surface area contributed by atoms with Gasteiger partial charge in [0.1, 0.15) is 11.3 Å². The van der Waals surface area contributed by atoms with Crippen molar-refractivity contribution in [1.82, 2.24) is 0 Å². The Morgan fingerprint density at radius 2 is 1.95 bits per heavy atom. The van der Waals surface area contributed by atoms with E-state index < -0.39 is 11.5 Å². The average Bonchev–Trinajstić information content (AvgIpc) is 2.35. The Bertz CT molecular complexity index is 477. The second-order valence-corrected chi connectivity index (χ2v) is 5.80. The molecule has 0 heterocycles. The topological polar surface area (TPSA) is 72.6 Å². The van der Waals surface area contributed by atoms with Crippen LogP contribution in [0.2, 0.25) is 0 Å². The molecule has 4 heteroatoms. The van der Waals surface area contributed by atoms with E-state index in [2.05, 4.69) is 20.8 Å². The van der Waals surface area contributed by atoms with Gasteiger partial charge in [-0.2, -0.15) is 0 Å². The molecule has 3 N–H and O–H groups in total. The molecule has 0 spiro atoms. The summed E-state index contributed by atoms with van der Waals surface area (Å²) in [6.07, 6.45) is 0.298. The molecular weight excluding hydrogens is 242 g/mol. The van der Waals surface area contributed by atoms with Gasteiger partial charge in [0, 0.05) is 5.56 Å². The zero-order chi connectivity index (χ0) is 14.8. The maximum Gasteiger partial charge on any atom is 0.328 e. The number of carboxylic acid groups (broad SMARTS) is 1. The first-order valence-corrected chi connectivity index (χ1v) is 6.38. The van der Waals surface area contributed by atoms with Gasteiger partial charge in [-0.1, -0.05) is 33.8 Å². The number of hydrogen-bond donors (Lipinski definition) is 2. The van der Waals surface area contributed by atoms with Crippen molar-refractivity contribution in [1.29, 1.82) is 0 Å². The third-order valence-electron chi connectivity index (χ3n) is 3.49. The molecule has 0 amide bonds. The molecule has 0 fully saturated rings. The van der Waals surface area contributed by atoms with Crippen LogP contribution < -0.4 is 10.5 Å². The van der Waals surface area contributed by atoms with Crippen molar-refractivity contribution in [2.24, 2.45) is 5.73 Å². The number of carbonyl (C=O) groups is 1. The molecule has 1 rings (SSSR count). The minimum atomic E-state index is -1.42. The van der Waals surface area contributed by atoms with E-state index in [9.17, 15) is 9.90 Å². The van der Waals surface area contributed by atoms with Crippen LogP contribution in [0.15, 0.2) is 18.2 Å². The molecule has 0 bridgehead atoms. The van der Waals surface area contributed by atoms with Gasteiger partial charge in [-0.05, 0) is 29.5 Å². The van der Waals surface area contributed by atoms with Gasteiger partial charge in [0.2, 0.25) is 0 Å². The summed E-state index contributed by atoms with van der Waals surface area (Å²) in [7, 11) is 1.52. The molecule has 0 aliphatic carbocycles. The number of rotatable bonds is 4. The highest BCUT2D eigenvalue weighted by atomic mass is 16.5. The van der Waals surface area contributed by atoms with Gasteiger partial charge in [-0.15, -0.1) is 0 Å². The van der Waals surface area contributed by atoms with Gasteiger partial charge in [-0.3, -0.25) is 0 Å². The molecule has 1 aromatic carbocycles. The standard InChI is InChI=1S/C15H23NO3/c1-6-15(16,13(17)18)11-9-10(14(2,3)4)7-8-12(11)19-5/h7-9H,6,16H2,1-5H3,(H,17,18). The van der Waals surface area contributed by atoms with E-state index in [0.29, 0.717) is 17.7 Å². The highest BCUT2D eigenvalue weighted by molar-refractivity contribution is 5.81. The molecule has 0 aliphatic rings. The molecule has 4 nitrogen and oxygen atoms in total. The molecule has 1 unspecified atom stereocenters. The summed E-state index contributed by atoms with van der Waals surface area (Å²) >= 11 is 0. The van der Waals surface area contributed by atoms with Crippen LogP contribution in [-0.4, -0.2) is 18.2 Å². The second-order valence-electron chi connectivity index (χ2n) is 5.80. The van der Waals surface area contributed by atoms with E-state index in [1.165, 1.54) is 7.11 Å². The third kappa shape index (κ3) is 2.89. The molecule has 0 aromatic heterocycles. The number of hydrogen-bond acceptors (Lipinski definition) is 3. The van der Waals surface area contributed by atoms with Gasteiger partial charge < -0.3 is 15.6 Å². The van der Waals surface area contributed by atoms with Gasteiger partial charge in [-0.25, -0.2) is 4.79 Å². The Labute approximate surface area is 114 Å². The summed E-state index contributed by atoms with van der Waals surface area (Å²) in [4.78, 5) is 11.5. The SMILES string of the molecule is CCC(N)(C(=O)O)c1cc(C(C)(C)C)ccc1OC. The lowest BCUT2D eigenvalue weighted by Crippen LogP contribution is -2.44. The van der Waals surface area contributed by atoms with E-state index >= 15 is 0 Å². The van der Waals surface area contributed by atoms with E-state index in [-0.39, 0.29) is 5.41 Å². The van der Waals surface area contributed by atoms with Crippen molar-refractivity contribution in [2.75, 3.05) is 7.11 Å². The highest BCUT2D eigenvalue weighted by Crippen LogP contribution is 2.35. The fraction of sp³-hybridized carbons (Fsp3) is 0.533. The molecule has 0 saturated heterocycles. The Kier molecular flexibility index (Phi) is 4.25. The Balaban J connectivity index is 3.51. The van der Waals surface area contributed by atoms with Crippen LogP contribution in [0.4, 0.5) is 0 Å². The van der Waals surface area contributed by atoms with Crippen molar-refractivity contribution in [3.05, 3.63) is 29.3 Å². The van der Waals surface area contributed by atoms with Crippen LogP contribution in [-0.2, 0) is 15.7 Å². The van der Waals surface area contributed by atoms with Gasteiger partial charge >= 0.3 is 5.97 Å². The fourth-order valence-corrected chi connectivity index (χ4v) is 1.98. The van der Waals surface area contributed by atoms with Crippen molar-refractivity contribution < 1.29 is 14.6 Å². The van der Waals surface area contributed by atoms with E-state index in [1.54, 1.807) is 13.0 Å². The first-order chi connectivity index (χ1) is 8.66. The molecule has 1 atom stereocenters. The quantitative estimate of drug-likeness (QED) is 0.877. The van der Waals surface area contributed by atoms with Crippen molar-refractivity contribution >= 4 is 5.97 Å². The molecule has 0 saturated carbocycles. The first-order valence-electron chi connectivity index (χ1n) is 6.38. The number of methoxy groups -OCH3 is 1. The van der Waals surface area contributed by atoms with Crippen LogP contribution in [0.25, 0.3) is 0 Å². The lowest BCUT2D eigenvalue weighted by atomic mass is 9.81. The Hall–Kier alpha value is -1.55. The van der Waals surface area contributed by atoms with Gasteiger partial charge in [0.05, 0.1) is 7.11 Å². The van der Waals surface area contributed by atoms with Crippen molar-refractivity contribution in [3.8, 4) is 5.75 Å². The maximum absolute atomic E-state index is 11.5. The smallest absolute Gasteiger partial charge is 0.328 e. The van der Waals surface area contributed by atoms with Gasteiger partial charge in [0.25, 0.3) is 0 Å². The molecule has 106 valence electrons. The van der Waals surface area contributed by atoms with Crippen LogP contribution in [0.1, 0.15) is 45.2 Å². The van der Waals surface area contributed by atoms with E-state index in [1.807, 2.05) is 12.1 Å². The number of ether oxygens (including phenoxy) is 1. The molecule has 1 aromatic rings. The largest absolute Gasteiger partial charge is 0.496 e. The number of carboxylic acids is 1. The van der Waals surface area contributed by atoms with E-state index in [0.717, 1.165) is 5.56 Å². The second kappa shape index (κ2) is 5.21. The third-order valence-corrected chi connectivity index (χ3v) is 3.49. The van der Waals surface area contributed by atoms with Crippen LogP contribution in [0.5, 0.6) is 5.75 Å². The summed E-state index contributed by atoms with van der Waals surface area (Å²) in [5.74, 6) is -0.529. The Morgan fingerprint density at radius 3 is 2.32 bits per heavy atom. The predicted molar refractivity (Wildman–Crippen MR) is 75.5 cm³/mol. The van der Waals surface area contributed by atoms with Crippen molar-refractivity contribution in [3.63, 3.8) is 0 Å². The number of aliphatic carboxylic acids is 1. The molecular formula is C15H23NO3. The summed E-state index contributed by atoms with van der Waals surface area (Å²) in [5.41, 5.74) is 6.13. The van der Waals surface area contributed by atoms with E-state index in [4.69, 9.17) is 10.5 Å². The summed E-state index contributed by atoms with van der Waals surface area (Å²) in [6.45, 7) is 7.98.